The van der Waals surface area contributed by atoms with E-state index < -0.39 is 57.2 Å². The van der Waals surface area contributed by atoms with Crippen molar-refractivity contribution in [1.29, 1.82) is 0 Å². The number of hydrogen-bond donors (Lipinski definition) is 1. The Morgan fingerprint density at radius 1 is 1.16 bits per heavy atom. The Morgan fingerprint density at radius 2 is 1.84 bits per heavy atom. The average Bonchev–Trinajstić information content (AvgIpc) is 3.11. The van der Waals surface area contributed by atoms with Gasteiger partial charge < -0.3 is 14.6 Å². The predicted octanol–water partition coefficient (Wildman–Crippen LogP) is 4.87. The molecule has 0 unspecified atom stereocenters. The minimum absolute atomic E-state index is 0.0801. The summed E-state index contributed by atoms with van der Waals surface area (Å²) >= 11 is 7.49. The van der Waals surface area contributed by atoms with Crippen LogP contribution in [0.15, 0.2) is 23.8 Å². The third-order valence-corrected chi connectivity index (χ3v) is 10.8. The molecule has 4 rings (SSSR count). The summed E-state index contributed by atoms with van der Waals surface area (Å²) in [6, 6.07) is 0. The first kappa shape index (κ1) is 29.0. The second kappa shape index (κ2) is 9.58. The number of hydrogen-bond acceptors (Lipinski definition) is 7. The van der Waals surface area contributed by atoms with Crippen molar-refractivity contribution in [3.8, 4) is 0 Å². The number of halogens is 1. The molecule has 210 valence electrons. The van der Waals surface area contributed by atoms with Crippen LogP contribution in [0, 0.1) is 28.1 Å². The maximum atomic E-state index is 13.9. The van der Waals surface area contributed by atoms with Gasteiger partial charge in [-0.2, -0.15) is 0 Å². The maximum absolute atomic E-state index is 13.9. The van der Waals surface area contributed by atoms with Crippen molar-refractivity contribution in [3.63, 3.8) is 0 Å². The fraction of sp³-hybridized carbons (Fsp3) is 0.733. The molecule has 0 saturated heterocycles. The summed E-state index contributed by atoms with van der Waals surface area (Å²) in [5.41, 5.74) is -3.14. The average molecular weight is 549 g/mol. The van der Waals surface area contributed by atoms with Crippen LogP contribution in [-0.2, 0) is 28.7 Å². The highest BCUT2D eigenvalue weighted by Crippen LogP contribution is 2.71. The molecule has 4 aliphatic rings. The van der Waals surface area contributed by atoms with Crippen molar-refractivity contribution in [2.75, 3.05) is 6.61 Å². The lowest BCUT2D eigenvalue weighted by atomic mass is 9.45. The van der Waals surface area contributed by atoms with Gasteiger partial charge >= 0.3 is 11.9 Å². The topological polar surface area (TPSA) is 107 Å². The van der Waals surface area contributed by atoms with E-state index in [1.54, 1.807) is 26.8 Å². The van der Waals surface area contributed by atoms with Crippen molar-refractivity contribution in [3.05, 3.63) is 23.8 Å². The molecule has 0 aromatic heterocycles. The first-order chi connectivity index (χ1) is 17.6. The monoisotopic (exact) mass is 548 g/mol. The number of ketones is 2. The van der Waals surface area contributed by atoms with Gasteiger partial charge in [-0.05, 0) is 83.3 Å². The van der Waals surface area contributed by atoms with Gasteiger partial charge in [-0.15, -0.1) is 11.6 Å². The molecule has 3 saturated carbocycles. The summed E-state index contributed by atoms with van der Waals surface area (Å²) in [6.07, 6.45) is 7.02. The zero-order valence-corrected chi connectivity index (χ0v) is 24.2. The third kappa shape index (κ3) is 4.11. The number of Topliss-reactive ketones (excluding diaryl/α,β-unsaturated/α-hetero) is 1. The van der Waals surface area contributed by atoms with Crippen LogP contribution in [0.25, 0.3) is 0 Å². The highest BCUT2D eigenvalue weighted by Gasteiger charge is 2.74. The minimum atomic E-state index is -1.55. The highest BCUT2D eigenvalue weighted by atomic mass is 35.5. The number of carbonyl (C=O) groups is 4. The van der Waals surface area contributed by atoms with Crippen LogP contribution < -0.4 is 0 Å². The van der Waals surface area contributed by atoms with Gasteiger partial charge in [0.05, 0.1) is 16.4 Å². The number of allylic oxidation sites excluding steroid dienone is 4. The number of aliphatic hydroxyl groups excluding tert-OH is 1. The van der Waals surface area contributed by atoms with E-state index in [1.165, 1.54) is 6.08 Å². The molecule has 0 heterocycles. The van der Waals surface area contributed by atoms with Gasteiger partial charge in [0.15, 0.2) is 18.0 Å². The standard InChI is InChI=1S/C30H41ClO7/c1-7-8-24(35)37-17-23(34)29(38-25(36)26(2,3)4)14-12-20-21-10-9-18-15-19(32)11-13-27(18,5)30(21,31)22(33)16-28(20,29)6/h11,13,15,20-22,33H,7-10,12,14,16-17H2,1-6H3/t20-,21-,22-,27-,28-,29-,30-/m0/s1. The Kier molecular flexibility index (Phi) is 7.31. The van der Waals surface area contributed by atoms with E-state index in [1.807, 2.05) is 26.8 Å². The van der Waals surface area contributed by atoms with Crippen molar-refractivity contribution in [1.82, 2.24) is 0 Å². The molecule has 38 heavy (non-hydrogen) atoms. The maximum Gasteiger partial charge on any atom is 0.312 e. The summed E-state index contributed by atoms with van der Waals surface area (Å²) in [6.45, 7) is 10.5. The van der Waals surface area contributed by atoms with Crippen molar-refractivity contribution in [2.24, 2.45) is 28.1 Å². The molecular weight excluding hydrogens is 508 g/mol. The zero-order chi connectivity index (χ0) is 28.3. The summed E-state index contributed by atoms with van der Waals surface area (Å²) in [5, 5.41) is 11.8. The van der Waals surface area contributed by atoms with E-state index in [-0.39, 0.29) is 36.9 Å². The number of carbonyl (C=O) groups excluding carboxylic acids is 4. The normalized spacial score (nSPS) is 39.9. The van der Waals surface area contributed by atoms with E-state index in [0.717, 1.165) is 5.57 Å². The Morgan fingerprint density at radius 3 is 2.47 bits per heavy atom. The molecule has 0 aromatic carbocycles. The lowest BCUT2D eigenvalue weighted by molar-refractivity contribution is -0.203. The highest BCUT2D eigenvalue weighted by molar-refractivity contribution is 6.26. The molecule has 0 radical (unpaired) electrons. The SMILES string of the molecule is CCCC(=O)OCC(=O)[C@@]1(OC(=O)C(C)(C)C)CC[C@H]2[C@@H]3CCC4=CC(=O)C=C[C@]4(C)[C@@]3(Cl)[C@@H](O)C[C@@]21C. The van der Waals surface area contributed by atoms with Gasteiger partial charge in [0.25, 0.3) is 0 Å². The Balaban J connectivity index is 1.75. The molecule has 0 aliphatic heterocycles. The van der Waals surface area contributed by atoms with E-state index in [0.29, 0.717) is 25.7 Å². The second-order valence-corrected chi connectivity index (χ2v) is 13.7. The van der Waals surface area contributed by atoms with E-state index >= 15 is 0 Å². The van der Waals surface area contributed by atoms with Gasteiger partial charge in [0.2, 0.25) is 5.78 Å². The molecule has 1 N–H and O–H groups in total. The zero-order valence-electron chi connectivity index (χ0n) is 23.4. The molecule has 0 spiro atoms. The number of fused-ring (bicyclic) bond motifs is 5. The molecular formula is C30H41ClO7. The fourth-order valence-corrected chi connectivity index (χ4v) is 8.25. The quantitative estimate of drug-likeness (QED) is 0.373. The van der Waals surface area contributed by atoms with Gasteiger partial charge in [-0.25, -0.2) is 0 Å². The summed E-state index contributed by atoms with van der Waals surface area (Å²) in [4.78, 5) is 50.4. The van der Waals surface area contributed by atoms with Crippen LogP contribution >= 0.6 is 11.6 Å². The van der Waals surface area contributed by atoms with Crippen LogP contribution in [0.1, 0.15) is 86.5 Å². The van der Waals surface area contributed by atoms with Gasteiger partial charge in [-0.3, -0.25) is 19.2 Å². The first-order valence-corrected chi connectivity index (χ1v) is 14.2. The van der Waals surface area contributed by atoms with Crippen molar-refractivity contribution >= 4 is 35.1 Å². The van der Waals surface area contributed by atoms with E-state index in [9.17, 15) is 24.3 Å². The van der Waals surface area contributed by atoms with Crippen LogP contribution in [0.4, 0.5) is 0 Å². The molecule has 7 atom stereocenters. The minimum Gasteiger partial charge on any atom is -0.457 e. The lowest BCUT2D eigenvalue weighted by Gasteiger charge is -2.64. The Labute approximate surface area is 230 Å². The van der Waals surface area contributed by atoms with Gasteiger partial charge in [-0.1, -0.05) is 32.4 Å². The molecule has 4 aliphatic carbocycles. The summed E-state index contributed by atoms with van der Waals surface area (Å²) < 4.78 is 11.5. The number of aliphatic hydroxyl groups is 1. The van der Waals surface area contributed by atoms with E-state index in [2.05, 4.69) is 0 Å². The summed E-state index contributed by atoms with van der Waals surface area (Å²) in [5.74, 6) is -1.84. The first-order valence-electron chi connectivity index (χ1n) is 13.8. The fourth-order valence-electron chi connectivity index (χ4n) is 7.73. The molecule has 0 bridgehead atoms. The van der Waals surface area contributed by atoms with E-state index in [4.69, 9.17) is 21.1 Å². The molecule has 7 nitrogen and oxygen atoms in total. The van der Waals surface area contributed by atoms with Crippen LogP contribution in [-0.4, -0.2) is 51.8 Å². The number of alkyl halides is 1. The second-order valence-electron chi connectivity index (χ2n) is 13.1. The van der Waals surface area contributed by atoms with Crippen molar-refractivity contribution < 1.29 is 33.8 Å². The molecule has 3 fully saturated rings. The third-order valence-electron chi connectivity index (χ3n) is 9.91. The van der Waals surface area contributed by atoms with Gasteiger partial charge in [0, 0.05) is 17.3 Å². The van der Waals surface area contributed by atoms with Crippen LogP contribution in [0.3, 0.4) is 0 Å². The molecule has 8 heteroatoms. The molecule has 0 amide bonds. The van der Waals surface area contributed by atoms with Crippen molar-refractivity contribution in [2.45, 2.75) is 103 Å². The Bertz CT molecular complexity index is 1100. The van der Waals surface area contributed by atoms with Crippen LogP contribution in [0.5, 0.6) is 0 Å². The lowest BCUT2D eigenvalue weighted by Crippen LogP contribution is -2.69. The Hall–Kier alpha value is -1.99. The number of rotatable bonds is 6. The smallest absolute Gasteiger partial charge is 0.312 e. The largest absolute Gasteiger partial charge is 0.457 e. The summed E-state index contributed by atoms with van der Waals surface area (Å²) in [7, 11) is 0. The van der Waals surface area contributed by atoms with Crippen LogP contribution in [0.2, 0.25) is 0 Å². The number of esters is 2. The molecule has 0 aromatic rings. The van der Waals surface area contributed by atoms with Gasteiger partial charge in [0.1, 0.15) is 0 Å². The number of ether oxygens (including phenoxy) is 2. The predicted molar refractivity (Wildman–Crippen MR) is 142 cm³/mol.